The Labute approximate surface area is 188 Å². The molecule has 3 heterocycles. The summed E-state index contributed by atoms with van der Waals surface area (Å²) in [6.45, 7) is 5.92. The molecule has 1 N–H and O–H groups in total. The Kier molecular flexibility index (Phi) is 6.28. The number of thiazole rings is 1. The second-order valence-electron chi connectivity index (χ2n) is 7.48. The third kappa shape index (κ3) is 4.75. The Morgan fingerprint density at radius 2 is 2.16 bits per heavy atom. The van der Waals surface area contributed by atoms with Crippen LogP contribution in [0.3, 0.4) is 0 Å². The highest BCUT2D eigenvalue weighted by molar-refractivity contribution is 7.15. The van der Waals surface area contributed by atoms with Gasteiger partial charge in [-0.1, -0.05) is 32.1 Å². The number of anilines is 2. The maximum absolute atomic E-state index is 12.6. The Morgan fingerprint density at radius 3 is 2.90 bits per heavy atom. The zero-order valence-electron chi connectivity index (χ0n) is 17.5. The second kappa shape index (κ2) is 9.11. The van der Waals surface area contributed by atoms with Crippen molar-refractivity contribution in [1.29, 1.82) is 0 Å². The minimum absolute atomic E-state index is 0.104. The van der Waals surface area contributed by atoms with E-state index in [1.165, 1.54) is 16.2 Å². The standard InChI is InChI=1S/C21H23N5O3S2/c1-4-5-18-22-14(11-30-18)13-6-7-16-15(8-13)26(19(28)10-29-16)9-17(27)23-21-25-24-20(31-21)12(2)3/h6-8,11-12H,4-5,9-10H2,1-3H3,(H,23,25,27). The highest BCUT2D eigenvalue weighted by Crippen LogP contribution is 2.36. The summed E-state index contributed by atoms with van der Waals surface area (Å²) in [6, 6.07) is 5.60. The molecule has 8 nitrogen and oxygen atoms in total. The van der Waals surface area contributed by atoms with Gasteiger partial charge in [-0.05, 0) is 31.0 Å². The van der Waals surface area contributed by atoms with Gasteiger partial charge in [0.2, 0.25) is 11.0 Å². The van der Waals surface area contributed by atoms with Gasteiger partial charge in [0.05, 0.1) is 16.4 Å². The van der Waals surface area contributed by atoms with E-state index in [4.69, 9.17) is 4.74 Å². The number of carbonyl (C=O) groups is 2. The summed E-state index contributed by atoms with van der Waals surface area (Å²) in [7, 11) is 0. The van der Waals surface area contributed by atoms with Gasteiger partial charge in [-0.3, -0.25) is 19.8 Å². The van der Waals surface area contributed by atoms with Crippen molar-refractivity contribution in [3.8, 4) is 17.0 Å². The minimum Gasteiger partial charge on any atom is -0.482 e. The predicted molar refractivity (Wildman–Crippen MR) is 122 cm³/mol. The zero-order valence-corrected chi connectivity index (χ0v) is 19.2. The van der Waals surface area contributed by atoms with Gasteiger partial charge in [-0.2, -0.15) is 0 Å². The molecule has 10 heteroatoms. The van der Waals surface area contributed by atoms with Crippen LogP contribution in [0.2, 0.25) is 0 Å². The first-order valence-electron chi connectivity index (χ1n) is 10.1. The zero-order chi connectivity index (χ0) is 22.0. The van der Waals surface area contributed by atoms with Crippen molar-refractivity contribution >= 4 is 45.3 Å². The minimum atomic E-state index is -0.336. The van der Waals surface area contributed by atoms with Crippen LogP contribution >= 0.6 is 22.7 Å². The maximum Gasteiger partial charge on any atom is 0.265 e. The van der Waals surface area contributed by atoms with E-state index in [9.17, 15) is 9.59 Å². The number of fused-ring (bicyclic) bond motifs is 1. The molecule has 0 saturated carbocycles. The van der Waals surface area contributed by atoms with Crippen LogP contribution in [0, 0.1) is 0 Å². The maximum atomic E-state index is 12.6. The third-order valence-electron chi connectivity index (χ3n) is 4.70. The molecule has 0 atom stereocenters. The van der Waals surface area contributed by atoms with Gasteiger partial charge in [0.15, 0.2) is 6.61 Å². The number of hydrogen-bond acceptors (Lipinski definition) is 8. The van der Waals surface area contributed by atoms with Crippen molar-refractivity contribution in [3.63, 3.8) is 0 Å². The Bertz CT molecular complexity index is 1110. The summed E-state index contributed by atoms with van der Waals surface area (Å²) >= 11 is 2.96. The molecule has 0 saturated heterocycles. The van der Waals surface area contributed by atoms with Crippen molar-refractivity contribution in [2.45, 2.75) is 39.5 Å². The fraction of sp³-hybridized carbons (Fsp3) is 0.381. The lowest BCUT2D eigenvalue weighted by Crippen LogP contribution is -2.43. The molecule has 0 radical (unpaired) electrons. The average Bonchev–Trinajstić information content (AvgIpc) is 3.40. The number of benzene rings is 1. The van der Waals surface area contributed by atoms with Gasteiger partial charge in [-0.15, -0.1) is 21.5 Å². The highest BCUT2D eigenvalue weighted by Gasteiger charge is 2.28. The number of hydrogen-bond donors (Lipinski definition) is 1. The fourth-order valence-corrected chi connectivity index (χ4v) is 4.80. The van der Waals surface area contributed by atoms with Gasteiger partial charge in [0.25, 0.3) is 5.91 Å². The molecule has 0 unspecified atom stereocenters. The fourth-order valence-electron chi connectivity index (χ4n) is 3.13. The highest BCUT2D eigenvalue weighted by atomic mass is 32.1. The van der Waals surface area contributed by atoms with Crippen LogP contribution in [-0.4, -0.2) is 40.1 Å². The average molecular weight is 458 g/mol. The Balaban J connectivity index is 1.54. The summed E-state index contributed by atoms with van der Waals surface area (Å²) < 4.78 is 5.57. The van der Waals surface area contributed by atoms with E-state index < -0.39 is 0 Å². The lowest BCUT2D eigenvalue weighted by Gasteiger charge is -2.29. The van der Waals surface area contributed by atoms with Crippen LogP contribution in [0.25, 0.3) is 11.3 Å². The molecule has 4 rings (SSSR count). The van der Waals surface area contributed by atoms with Crippen LogP contribution in [-0.2, 0) is 16.0 Å². The van der Waals surface area contributed by atoms with Crippen molar-refractivity contribution in [3.05, 3.63) is 33.6 Å². The molecule has 1 aromatic carbocycles. The number of amides is 2. The molecule has 0 spiro atoms. The number of carbonyl (C=O) groups excluding carboxylic acids is 2. The van der Waals surface area contributed by atoms with Crippen molar-refractivity contribution in [1.82, 2.24) is 15.2 Å². The van der Waals surface area contributed by atoms with Gasteiger partial charge < -0.3 is 4.74 Å². The van der Waals surface area contributed by atoms with Crippen LogP contribution in [0.15, 0.2) is 23.6 Å². The van der Waals surface area contributed by atoms with Gasteiger partial charge in [0.1, 0.15) is 17.3 Å². The summed E-state index contributed by atoms with van der Waals surface area (Å²) in [6.07, 6.45) is 1.98. The SMILES string of the molecule is CCCc1nc(-c2ccc3c(c2)N(CC(=O)Nc2nnc(C(C)C)s2)C(=O)CO3)cs1. The molecule has 0 bridgehead atoms. The molecular weight excluding hydrogens is 434 g/mol. The Hall–Kier alpha value is -2.85. The molecule has 31 heavy (non-hydrogen) atoms. The number of ether oxygens (including phenoxy) is 1. The lowest BCUT2D eigenvalue weighted by atomic mass is 10.1. The molecule has 0 aliphatic carbocycles. The predicted octanol–water partition coefficient (Wildman–Crippen LogP) is 4.10. The monoisotopic (exact) mass is 457 g/mol. The van der Waals surface area contributed by atoms with E-state index in [2.05, 4.69) is 27.4 Å². The van der Waals surface area contributed by atoms with E-state index >= 15 is 0 Å². The van der Waals surface area contributed by atoms with Crippen molar-refractivity contribution < 1.29 is 14.3 Å². The molecule has 2 aromatic heterocycles. The number of rotatable bonds is 7. The van der Waals surface area contributed by atoms with Gasteiger partial charge in [-0.25, -0.2) is 4.98 Å². The normalized spacial score (nSPS) is 13.3. The molecule has 1 aliphatic heterocycles. The summed E-state index contributed by atoms with van der Waals surface area (Å²) in [5.74, 6) is 0.192. The smallest absolute Gasteiger partial charge is 0.265 e. The van der Waals surface area contributed by atoms with Crippen molar-refractivity contribution in [2.24, 2.45) is 0 Å². The first-order chi connectivity index (χ1) is 14.9. The molecular formula is C21H23N5O3S2. The molecule has 3 aromatic rings. The first-order valence-corrected chi connectivity index (χ1v) is 11.8. The number of nitrogens with one attached hydrogen (secondary N) is 1. The Morgan fingerprint density at radius 1 is 1.32 bits per heavy atom. The number of nitrogens with zero attached hydrogens (tertiary/aromatic N) is 4. The summed E-state index contributed by atoms with van der Waals surface area (Å²) in [5, 5.41) is 15.2. The van der Waals surface area contributed by atoms with E-state index in [1.54, 1.807) is 11.3 Å². The van der Waals surface area contributed by atoms with Crippen LogP contribution in [0.4, 0.5) is 10.8 Å². The quantitative estimate of drug-likeness (QED) is 0.574. The largest absolute Gasteiger partial charge is 0.482 e. The molecule has 2 amide bonds. The molecule has 162 valence electrons. The van der Waals surface area contributed by atoms with E-state index in [0.29, 0.717) is 16.6 Å². The number of aromatic nitrogens is 3. The van der Waals surface area contributed by atoms with E-state index in [-0.39, 0.29) is 30.9 Å². The van der Waals surface area contributed by atoms with Crippen LogP contribution in [0.5, 0.6) is 5.75 Å². The third-order valence-corrected chi connectivity index (χ3v) is 6.74. The topological polar surface area (TPSA) is 97.3 Å². The second-order valence-corrected chi connectivity index (χ2v) is 9.43. The van der Waals surface area contributed by atoms with E-state index in [1.807, 2.05) is 37.4 Å². The number of aryl methyl sites for hydroxylation is 1. The van der Waals surface area contributed by atoms with Crippen LogP contribution < -0.4 is 15.0 Å². The summed E-state index contributed by atoms with van der Waals surface area (Å²) in [4.78, 5) is 31.3. The molecule has 0 fully saturated rings. The summed E-state index contributed by atoms with van der Waals surface area (Å²) in [5.41, 5.74) is 2.30. The van der Waals surface area contributed by atoms with E-state index in [0.717, 1.165) is 34.1 Å². The van der Waals surface area contributed by atoms with Gasteiger partial charge >= 0.3 is 0 Å². The van der Waals surface area contributed by atoms with Gasteiger partial charge in [0, 0.05) is 16.9 Å². The van der Waals surface area contributed by atoms with Crippen molar-refractivity contribution in [2.75, 3.05) is 23.4 Å². The van der Waals surface area contributed by atoms with Crippen LogP contribution in [0.1, 0.15) is 43.1 Å². The first kappa shape index (κ1) is 21.4. The lowest BCUT2D eigenvalue weighted by molar-refractivity contribution is -0.123. The molecule has 1 aliphatic rings.